The molecule has 0 amide bonds. The number of alkyl halides is 2. The Balaban J connectivity index is 0.00000338. The van der Waals surface area contributed by atoms with Gasteiger partial charge in [-0.15, -0.1) is 24.0 Å². The van der Waals surface area contributed by atoms with Gasteiger partial charge in [-0.25, -0.2) is 8.78 Å². The number of aliphatic imine (C=N–C) groups is 1. The molecule has 1 aliphatic rings. The maximum atomic E-state index is 12.4. The molecule has 0 spiro atoms. The normalized spacial score (nSPS) is 17.7. The minimum absolute atomic E-state index is 0. The number of guanidine groups is 1. The first-order chi connectivity index (χ1) is 12.0. The lowest BCUT2D eigenvalue weighted by molar-refractivity contribution is 0.0744. The highest BCUT2D eigenvalue weighted by Gasteiger charge is 2.22. The molecular weight excluding hydrogens is 449 g/mol. The summed E-state index contributed by atoms with van der Waals surface area (Å²) in [5.41, 5.74) is 2.56. The van der Waals surface area contributed by atoms with E-state index in [2.05, 4.69) is 53.7 Å². The van der Waals surface area contributed by atoms with Crippen LogP contribution < -0.4 is 10.6 Å². The molecule has 1 fully saturated rings. The molecule has 1 aliphatic heterocycles. The molecule has 1 aromatic rings. The van der Waals surface area contributed by atoms with Gasteiger partial charge in [-0.2, -0.15) is 0 Å². The van der Waals surface area contributed by atoms with E-state index in [1.165, 1.54) is 11.1 Å². The summed E-state index contributed by atoms with van der Waals surface area (Å²) in [6.45, 7) is 6.37. The highest BCUT2D eigenvalue weighted by Crippen LogP contribution is 2.15. The van der Waals surface area contributed by atoms with Crippen molar-refractivity contribution in [2.75, 3.05) is 33.2 Å². The number of hydrogen-bond acceptors (Lipinski definition) is 2. The van der Waals surface area contributed by atoms with Crippen LogP contribution in [0.5, 0.6) is 0 Å². The lowest BCUT2D eigenvalue weighted by Gasteiger charge is -2.32. The SMILES string of the molecule is CN=C(NCC(C)c1ccc(C)cc1)NC1CCN(CC(F)F)CC1.I. The molecule has 26 heavy (non-hydrogen) atoms. The van der Waals surface area contributed by atoms with Gasteiger partial charge in [-0.05, 0) is 31.2 Å². The van der Waals surface area contributed by atoms with Gasteiger partial charge in [-0.1, -0.05) is 36.8 Å². The third kappa shape index (κ3) is 7.73. The van der Waals surface area contributed by atoms with Gasteiger partial charge in [0.2, 0.25) is 0 Å². The topological polar surface area (TPSA) is 39.7 Å². The largest absolute Gasteiger partial charge is 0.356 e. The van der Waals surface area contributed by atoms with E-state index in [9.17, 15) is 8.78 Å². The van der Waals surface area contributed by atoms with Crippen molar-refractivity contribution in [3.05, 3.63) is 35.4 Å². The first-order valence-corrected chi connectivity index (χ1v) is 9.02. The number of halogens is 3. The molecule has 1 aromatic carbocycles. The summed E-state index contributed by atoms with van der Waals surface area (Å²) in [7, 11) is 1.76. The zero-order valence-corrected chi connectivity index (χ0v) is 18.2. The van der Waals surface area contributed by atoms with Gasteiger partial charge in [0.05, 0.1) is 6.54 Å². The molecule has 2 N–H and O–H groups in total. The summed E-state index contributed by atoms with van der Waals surface area (Å²) in [5.74, 6) is 1.17. The van der Waals surface area contributed by atoms with Crippen LogP contribution in [0, 0.1) is 6.92 Å². The van der Waals surface area contributed by atoms with Crippen LogP contribution in [0.2, 0.25) is 0 Å². The number of piperidine rings is 1. The van der Waals surface area contributed by atoms with E-state index in [4.69, 9.17) is 0 Å². The molecule has 0 aromatic heterocycles. The Bertz CT molecular complexity index is 543. The number of rotatable bonds is 6. The molecule has 1 saturated heterocycles. The molecule has 2 rings (SSSR count). The van der Waals surface area contributed by atoms with Crippen molar-refractivity contribution < 1.29 is 8.78 Å². The molecule has 0 radical (unpaired) electrons. The molecule has 0 saturated carbocycles. The Morgan fingerprint density at radius 2 is 1.85 bits per heavy atom. The molecule has 1 atom stereocenters. The summed E-state index contributed by atoms with van der Waals surface area (Å²) in [5, 5.41) is 6.80. The Kier molecular flexibility index (Phi) is 10.4. The van der Waals surface area contributed by atoms with E-state index in [0.29, 0.717) is 19.0 Å². The van der Waals surface area contributed by atoms with Gasteiger partial charge < -0.3 is 10.6 Å². The van der Waals surface area contributed by atoms with Crippen LogP contribution in [0.1, 0.15) is 36.8 Å². The van der Waals surface area contributed by atoms with Crippen LogP contribution >= 0.6 is 24.0 Å². The Morgan fingerprint density at radius 3 is 2.38 bits per heavy atom. The van der Waals surface area contributed by atoms with Crippen molar-refractivity contribution >= 4 is 29.9 Å². The van der Waals surface area contributed by atoms with Crippen LogP contribution in [-0.2, 0) is 0 Å². The Hall–Kier alpha value is -0.960. The van der Waals surface area contributed by atoms with Crippen molar-refractivity contribution in [2.24, 2.45) is 4.99 Å². The number of hydrogen-bond donors (Lipinski definition) is 2. The van der Waals surface area contributed by atoms with Gasteiger partial charge in [0.1, 0.15) is 0 Å². The zero-order valence-electron chi connectivity index (χ0n) is 15.8. The fourth-order valence-electron chi connectivity index (χ4n) is 3.11. The van der Waals surface area contributed by atoms with Crippen LogP contribution in [0.4, 0.5) is 8.78 Å². The summed E-state index contributed by atoms with van der Waals surface area (Å²) in [6, 6.07) is 8.88. The molecule has 1 unspecified atom stereocenters. The van der Waals surface area contributed by atoms with Gasteiger partial charge in [0.15, 0.2) is 5.96 Å². The second-order valence-electron chi connectivity index (χ2n) is 6.88. The van der Waals surface area contributed by atoms with E-state index in [0.717, 1.165) is 25.3 Å². The lowest BCUT2D eigenvalue weighted by Crippen LogP contribution is -2.49. The monoisotopic (exact) mass is 480 g/mol. The third-order valence-electron chi connectivity index (χ3n) is 4.77. The summed E-state index contributed by atoms with van der Waals surface area (Å²) in [6.07, 6.45) is -0.524. The molecule has 1 heterocycles. The summed E-state index contributed by atoms with van der Waals surface area (Å²) >= 11 is 0. The molecule has 0 aliphatic carbocycles. The van der Waals surface area contributed by atoms with E-state index in [1.807, 2.05) is 4.90 Å². The quantitative estimate of drug-likeness (QED) is 0.372. The highest BCUT2D eigenvalue weighted by molar-refractivity contribution is 14.0. The van der Waals surface area contributed by atoms with Crippen molar-refractivity contribution in [3.8, 4) is 0 Å². The molecule has 148 valence electrons. The number of nitrogens with one attached hydrogen (secondary N) is 2. The number of aryl methyl sites for hydroxylation is 1. The predicted octanol–water partition coefficient (Wildman–Crippen LogP) is 3.61. The average molecular weight is 480 g/mol. The first-order valence-electron chi connectivity index (χ1n) is 9.02. The zero-order chi connectivity index (χ0) is 18.2. The second kappa shape index (κ2) is 11.7. The number of benzene rings is 1. The third-order valence-corrected chi connectivity index (χ3v) is 4.77. The highest BCUT2D eigenvalue weighted by atomic mass is 127. The minimum atomic E-state index is -2.25. The molecule has 4 nitrogen and oxygen atoms in total. The van der Waals surface area contributed by atoms with Crippen molar-refractivity contribution in [1.82, 2.24) is 15.5 Å². The first kappa shape index (κ1) is 23.1. The van der Waals surface area contributed by atoms with Crippen molar-refractivity contribution in [2.45, 2.75) is 45.1 Å². The van der Waals surface area contributed by atoms with Crippen LogP contribution in [0.25, 0.3) is 0 Å². The van der Waals surface area contributed by atoms with Crippen LogP contribution in [0.15, 0.2) is 29.3 Å². The van der Waals surface area contributed by atoms with Gasteiger partial charge in [0.25, 0.3) is 6.43 Å². The van der Waals surface area contributed by atoms with Gasteiger partial charge in [-0.3, -0.25) is 9.89 Å². The predicted molar refractivity (Wildman–Crippen MR) is 115 cm³/mol. The van der Waals surface area contributed by atoms with E-state index < -0.39 is 6.43 Å². The van der Waals surface area contributed by atoms with E-state index >= 15 is 0 Å². The smallest absolute Gasteiger partial charge is 0.251 e. The number of likely N-dealkylation sites (tertiary alicyclic amines) is 1. The fourth-order valence-corrected chi connectivity index (χ4v) is 3.11. The molecule has 7 heteroatoms. The summed E-state index contributed by atoms with van der Waals surface area (Å²) < 4.78 is 24.9. The summed E-state index contributed by atoms with van der Waals surface area (Å²) in [4.78, 5) is 6.12. The Labute approximate surface area is 172 Å². The maximum absolute atomic E-state index is 12.4. The molecular formula is C19H31F2IN4. The van der Waals surface area contributed by atoms with Gasteiger partial charge in [0, 0.05) is 32.7 Å². The van der Waals surface area contributed by atoms with Crippen molar-refractivity contribution in [3.63, 3.8) is 0 Å². The van der Waals surface area contributed by atoms with E-state index in [-0.39, 0.29) is 36.6 Å². The lowest BCUT2D eigenvalue weighted by atomic mass is 10.00. The standard InChI is InChI=1S/C19H30F2N4.HI/c1-14-4-6-16(7-5-14)15(2)12-23-19(22-3)24-17-8-10-25(11-9-17)13-18(20)21;/h4-7,15,17-18H,8-13H2,1-3H3,(H2,22,23,24);1H. The number of nitrogens with zero attached hydrogens (tertiary/aromatic N) is 2. The van der Waals surface area contributed by atoms with Crippen LogP contribution in [0.3, 0.4) is 0 Å². The minimum Gasteiger partial charge on any atom is -0.356 e. The van der Waals surface area contributed by atoms with Crippen molar-refractivity contribution in [1.29, 1.82) is 0 Å². The average Bonchev–Trinajstić information content (AvgIpc) is 2.60. The maximum Gasteiger partial charge on any atom is 0.251 e. The molecule has 0 bridgehead atoms. The Morgan fingerprint density at radius 1 is 1.23 bits per heavy atom. The van der Waals surface area contributed by atoms with E-state index in [1.54, 1.807) is 7.05 Å². The second-order valence-corrected chi connectivity index (χ2v) is 6.88. The van der Waals surface area contributed by atoms with Gasteiger partial charge >= 0.3 is 0 Å². The fraction of sp³-hybridized carbons (Fsp3) is 0.632. The van der Waals surface area contributed by atoms with Crippen LogP contribution in [-0.4, -0.2) is 56.6 Å².